The Kier molecular flexibility index (Phi) is 7.82. The van der Waals surface area contributed by atoms with Gasteiger partial charge in [-0.15, -0.1) is 11.3 Å². The predicted octanol–water partition coefficient (Wildman–Crippen LogP) is 5.19. The van der Waals surface area contributed by atoms with E-state index in [0.29, 0.717) is 22.9 Å². The highest BCUT2D eigenvalue weighted by molar-refractivity contribution is 7.20. The van der Waals surface area contributed by atoms with Crippen molar-refractivity contribution in [1.29, 1.82) is 5.41 Å². The monoisotopic (exact) mass is 502 g/mol. The van der Waals surface area contributed by atoms with Gasteiger partial charge in [0.2, 0.25) is 5.91 Å². The zero-order valence-corrected chi connectivity index (χ0v) is 20.4. The van der Waals surface area contributed by atoms with E-state index in [1.54, 1.807) is 12.1 Å². The van der Waals surface area contributed by atoms with Gasteiger partial charge in [0.25, 0.3) is 0 Å². The van der Waals surface area contributed by atoms with Crippen LogP contribution in [0.15, 0.2) is 78.9 Å². The molecule has 2 amide bonds. The highest BCUT2D eigenvalue weighted by Gasteiger charge is 2.19. The zero-order valence-electron chi connectivity index (χ0n) is 19.6. The van der Waals surface area contributed by atoms with Crippen molar-refractivity contribution in [2.24, 2.45) is 5.73 Å². The number of ether oxygens (including phenoxy) is 2. The molecule has 0 spiro atoms. The first kappa shape index (κ1) is 24.7. The van der Waals surface area contributed by atoms with Gasteiger partial charge in [0.05, 0.1) is 4.88 Å². The lowest BCUT2D eigenvalue weighted by atomic mass is 10.1. The minimum absolute atomic E-state index is 0.00455. The van der Waals surface area contributed by atoms with Crippen molar-refractivity contribution in [3.63, 3.8) is 0 Å². The van der Waals surface area contributed by atoms with E-state index in [-0.39, 0.29) is 18.3 Å². The number of thiophene rings is 1. The Labute approximate surface area is 212 Å². The van der Waals surface area contributed by atoms with Gasteiger partial charge in [-0.3, -0.25) is 15.5 Å². The molecule has 0 aliphatic rings. The summed E-state index contributed by atoms with van der Waals surface area (Å²) in [7, 11) is 0. The van der Waals surface area contributed by atoms with E-state index in [1.165, 1.54) is 18.3 Å². The smallest absolute Gasteiger partial charge is 0.411 e. The fraction of sp³-hybridized carbons (Fsp3) is 0.148. The highest BCUT2D eigenvalue weighted by Crippen LogP contribution is 2.35. The molecule has 9 heteroatoms. The summed E-state index contributed by atoms with van der Waals surface area (Å²) in [6, 6.07) is 24.1. The lowest BCUT2D eigenvalue weighted by molar-refractivity contribution is -0.119. The van der Waals surface area contributed by atoms with Gasteiger partial charge >= 0.3 is 6.09 Å². The van der Waals surface area contributed by atoms with Gasteiger partial charge in [-0.05, 0) is 41.5 Å². The summed E-state index contributed by atoms with van der Waals surface area (Å²) in [6.07, 6.45) is -1.16. The molecule has 0 aliphatic carbocycles. The van der Waals surface area contributed by atoms with Crippen molar-refractivity contribution in [2.45, 2.75) is 19.6 Å². The average Bonchev–Trinajstić information content (AvgIpc) is 3.32. The highest BCUT2D eigenvalue weighted by atomic mass is 32.1. The molecule has 8 nitrogen and oxygen atoms in total. The number of hydrogen-bond donors (Lipinski definition) is 4. The molecule has 0 bridgehead atoms. The van der Waals surface area contributed by atoms with E-state index in [1.807, 2.05) is 66.7 Å². The molecule has 4 rings (SSSR count). The molecule has 5 N–H and O–H groups in total. The fourth-order valence-electron chi connectivity index (χ4n) is 3.53. The summed E-state index contributed by atoms with van der Waals surface area (Å²) in [5.74, 6) is 0.513. The van der Waals surface area contributed by atoms with Gasteiger partial charge in [-0.25, -0.2) is 4.79 Å². The van der Waals surface area contributed by atoms with Gasteiger partial charge in [-0.1, -0.05) is 48.5 Å². The average molecular weight is 503 g/mol. The first-order valence-electron chi connectivity index (χ1n) is 11.2. The fourth-order valence-corrected chi connectivity index (χ4v) is 4.47. The Bertz CT molecular complexity index is 1370. The van der Waals surface area contributed by atoms with Crippen LogP contribution in [0, 0.1) is 5.41 Å². The van der Waals surface area contributed by atoms with Crippen LogP contribution in [0.5, 0.6) is 5.75 Å². The minimum Gasteiger partial charge on any atom is -0.481 e. The molecule has 4 aromatic rings. The number of hydrogen-bond acceptors (Lipinski definition) is 6. The van der Waals surface area contributed by atoms with Crippen LogP contribution in [0.2, 0.25) is 0 Å². The molecule has 1 aromatic heterocycles. The number of anilines is 1. The maximum atomic E-state index is 12.5. The van der Waals surface area contributed by atoms with Crippen molar-refractivity contribution in [3.8, 4) is 5.75 Å². The third-order valence-electron chi connectivity index (χ3n) is 5.34. The molecule has 0 saturated carbocycles. The third kappa shape index (κ3) is 6.39. The van der Waals surface area contributed by atoms with E-state index in [2.05, 4.69) is 10.6 Å². The van der Waals surface area contributed by atoms with Crippen molar-refractivity contribution in [1.82, 2.24) is 5.32 Å². The molecule has 1 atom stereocenters. The number of nitrogen functional groups attached to an aromatic ring is 1. The normalized spacial score (nSPS) is 11.5. The number of amidine groups is 1. The maximum absolute atomic E-state index is 12.5. The summed E-state index contributed by atoms with van der Waals surface area (Å²) in [5, 5.41) is 14.0. The Morgan fingerprint density at radius 2 is 1.78 bits per heavy atom. The Hall–Kier alpha value is -4.37. The standard InChI is InChI=1S/C27H26N4O4S/c1-17(32)30-15-18-10-12-20(13-11-18)31-27(33)34-16-23(19-6-3-2-4-7-19)35-22-8-5-9-24-21(22)14-25(36-24)26(28)29/h2-14,23H,15-16H2,1H3,(H3,28,29)(H,30,32)(H,31,33). The van der Waals surface area contributed by atoms with Crippen LogP contribution in [0.4, 0.5) is 10.5 Å². The van der Waals surface area contributed by atoms with Crippen LogP contribution in [0.1, 0.15) is 29.0 Å². The van der Waals surface area contributed by atoms with Crippen molar-refractivity contribution in [2.75, 3.05) is 11.9 Å². The topological polar surface area (TPSA) is 127 Å². The zero-order chi connectivity index (χ0) is 25.5. The van der Waals surface area contributed by atoms with E-state index in [0.717, 1.165) is 21.2 Å². The molecular formula is C27H26N4O4S. The quantitative estimate of drug-likeness (QED) is 0.185. The third-order valence-corrected chi connectivity index (χ3v) is 6.47. The predicted molar refractivity (Wildman–Crippen MR) is 142 cm³/mol. The SMILES string of the molecule is CC(=O)NCc1ccc(NC(=O)OCC(Oc2cccc3sc(C(=N)N)cc23)c2ccccc2)cc1. The number of fused-ring (bicyclic) bond motifs is 1. The van der Waals surface area contributed by atoms with Gasteiger partial charge in [0, 0.05) is 29.2 Å². The van der Waals surface area contributed by atoms with E-state index in [9.17, 15) is 9.59 Å². The van der Waals surface area contributed by atoms with E-state index < -0.39 is 12.2 Å². The van der Waals surface area contributed by atoms with Gasteiger partial charge in [-0.2, -0.15) is 0 Å². The molecule has 1 unspecified atom stereocenters. The minimum atomic E-state index is -0.609. The summed E-state index contributed by atoms with van der Waals surface area (Å²) in [6.45, 7) is 1.86. The Balaban J connectivity index is 1.44. The van der Waals surface area contributed by atoms with Crippen LogP contribution in [0.25, 0.3) is 10.1 Å². The summed E-state index contributed by atoms with van der Waals surface area (Å²) in [5.41, 5.74) is 8.01. The molecule has 0 fully saturated rings. The number of benzene rings is 3. The van der Waals surface area contributed by atoms with E-state index in [4.69, 9.17) is 20.6 Å². The number of carbonyl (C=O) groups excluding carboxylic acids is 2. The number of nitrogens with one attached hydrogen (secondary N) is 3. The summed E-state index contributed by atoms with van der Waals surface area (Å²) in [4.78, 5) is 24.2. The van der Waals surface area contributed by atoms with Crippen LogP contribution < -0.4 is 21.1 Å². The number of amides is 2. The van der Waals surface area contributed by atoms with Crippen LogP contribution in [-0.4, -0.2) is 24.4 Å². The second-order valence-corrected chi connectivity index (χ2v) is 9.12. The number of carbonyl (C=O) groups is 2. The second-order valence-electron chi connectivity index (χ2n) is 8.04. The largest absolute Gasteiger partial charge is 0.481 e. The molecule has 0 aliphatic heterocycles. The first-order valence-corrected chi connectivity index (χ1v) is 12.1. The molecule has 0 saturated heterocycles. The molecule has 1 heterocycles. The Morgan fingerprint density at radius 3 is 2.47 bits per heavy atom. The van der Waals surface area contributed by atoms with Gasteiger partial charge < -0.3 is 20.5 Å². The van der Waals surface area contributed by atoms with Crippen molar-refractivity contribution >= 4 is 44.9 Å². The first-order chi connectivity index (χ1) is 17.4. The second kappa shape index (κ2) is 11.4. The molecular weight excluding hydrogens is 476 g/mol. The summed E-state index contributed by atoms with van der Waals surface area (Å²) < 4.78 is 12.8. The van der Waals surface area contributed by atoms with Crippen LogP contribution in [0.3, 0.4) is 0 Å². The lowest BCUT2D eigenvalue weighted by Gasteiger charge is -2.20. The Morgan fingerprint density at radius 1 is 1.03 bits per heavy atom. The van der Waals surface area contributed by atoms with Gasteiger partial charge in [0.1, 0.15) is 18.2 Å². The van der Waals surface area contributed by atoms with Crippen LogP contribution >= 0.6 is 11.3 Å². The lowest BCUT2D eigenvalue weighted by Crippen LogP contribution is -2.21. The van der Waals surface area contributed by atoms with Crippen molar-refractivity contribution < 1.29 is 19.1 Å². The molecule has 184 valence electrons. The molecule has 0 radical (unpaired) electrons. The summed E-state index contributed by atoms with van der Waals surface area (Å²) >= 11 is 1.42. The number of nitrogens with two attached hydrogens (primary N) is 1. The van der Waals surface area contributed by atoms with Crippen LogP contribution in [-0.2, 0) is 16.1 Å². The number of rotatable bonds is 9. The maximum Gasteiger partial charge on any atom is 0.411 e. The van der Waals surface area contributed by atoms with Gasteiger partial charge in [0.15, 0.2) is 6.10 Å². The van der Waals surface area contributed by atoms with Crippen molar-refractivity contribution in [3.05, 3.63) is 94.9 Å². The molecule has 36 heavy (non-hydrogen) atoms. The van der Waals surface area contributed by atoms with E-state index >= 15 is 0 Å². The molecule has 3 aromatic carbocycles.